The van der Waals surface area contributed by atoms with E-state index in [2.05, 4.69) is 5.32 Å². The van der Waals surface area contributed by atoms with Crippen LogP contribution in [-0.2, 0) is 11.3 Å². The number of hydrogen-bond donors (Lipinski definition) is 2. The topological polar surface area (TPSA) is 55.1 Å². The minimum Gasteiger partial charge on any atom is -0.351 e. The number of nitrogens with two attached hydrogens (primary N) is 1. The third-order valence-corrected chi connectivity index (χ3v) is 4.85. The van der Waals surface area contributed by atoms with Crippen molar-refractivity contribution in [1.82, 2.24) is 5.32 Å². The fourth-order valence-corrected chi connectivity index (χ4v) is 3.61. The first-order valence-electron chi connectivity index (χ1n) is 6.42. The van der Waals surface area contributed by atoms with Crippen LogP contribution in [-0.4, -0.2) is 12.5 Å². The second kappa shape index (κ2) is 6.55. The van der Waals surface area contributed by atoms with Crippen molar-refractivity contribution < 1.29 is 4.79 Å². The number of carbonyl (C=O) groups excluding carboxylic acids is 1. The second-order valence-corrected chi connectivity index (χ2v) is 6.61. The molecule has 2 rings (SSSR count). The van der Waals surface area contributed by atoms with Crippen molar-refractivity contribution in [3.05, 3.63) is 21.3 Å². The van der Waals surface area contributed by atoms with Gasteiger partial charge in [0, 0.05) is 10.8 Å². The summed E-state index contributed by atoms with van der Waals surface area (Å²) in [5.41, 5.74) is 5.75. The molecule has 5 heteroatoms. The van der Waals surface area contributed by atoms with Crippen molar-refractivity contribution in [2.45, 2.75) is 32.2 Å². The van der Waals surface area contributed by atoms with Gasteiger partial charge in [-0.2, -0.15) is 0 Å². The van der Waals surface area contributed by atoms with Gasteiger partial charge in [-0.3, -0.25) is 4.79 Å². The van der Waals surface area contributed by atoms with E-state index in [0.717, 1.165) is 28.5 Å². The first-order chi connectivity index (χ1) is 8.70. The third kappa shape index (κ3) is 3.46. The molecule has 1 heterocycles. The van der Waals surface area contributed by atoms with Crippen LogP contribution in [0.25, 0.3) is 0 Å². The van der Waals surface area contributed by atoms with Crippen molar-refractivity contribution >= 4 is 28.8 Å². The average Bonchev–Trinajstić information content (AvgIpc) is 2.81. The van der Waals surface area contributed by atoms with E-state index in [9.17, 15) is 4.79 Å². The lowest BCUT2D eigenvalue weighted by atomic mass is 9.79. The molecule has 18 heavy (non-hydrogen) atoms. The summed E-state index contributed by atoms with van der Waals surface area (Å²) in [7, 11) is 0. The molecular weight excluding hydrogens is 268 g/mol. The van der Waals surface area contributed by atoms with Gasteiger partial charge in [0.1, 0.15) is 0 Å². The molecule has 1 aromatic rings. The molecule has 1 fully saturated rings. The van der Waals surface area contributed by atoms with Crippen molar-refractivity contribution in [1.29, 1.82) is 0 Å². The van der Waals surface area contributed by atoms with Gasteiger partial charge in [0.05, 0.1) is 10.9 Å². The highest BCUT2D eigenvalue weighted by Gasteiger charge is 2.29. The first kappa shape index (κ1) is 13.8. The zero-order valence-electron chi connectivity index (χ0n) is 10.3. The maximum absolute atomic E-state index is 12.2. The van der Waals surface area contributed by atoms with Gasteiger partial charge in [-0.1, -0.05) is 24.4 Å². The number of nitrogens with one attached hydrogen (secondary N) is 1. The van der Waals surface area contributed by atoms with Crippen LogP contribution in [0.1, 0.15) is 30.6 Å². The Labute approximate surface area is 117 Å². The standard InChI is InChI=1S/C13H19ClN2OS/c14-12-6-5-10(18-12)8-16-13(17)11-4-2-1-3-9(11)7-15/h5-6,9,11H,1-4,7-8,15H2,(H,16,17). The van der Waals surface area contributed by atoms with Crippen LogP contribution in [0.3, 0.4) is 0 Å². The van der Waals surface area contributed by atoms with Crippen LogP contribution >= 0.6 is 22.9 Å². The van der Waals surface area contributed by atoms with Gasteiger partial charge in [-0.25, -0.2) is 0 Å². The van der Waals surface area contributed by atoms with Gasteiger partial charge >= 0.3 is 0 Å². The van der Waals surface area contributed by atoms with E-state index in [4.69, 9.17) is 17.3 Å². The van der Waals surface area contributed by atoms with Gasteiger partial charge in [0.25, 0.3) is 0 Å². The molecular formula is C13H19ClN2OS. The molecule has 1 aliphatic carbocycles. The van der Waals surface area contributed by atoms with Crippen LogP contribution in [0.4, 0.5) is 0 Å². The molecule has 2 unspecified atom stereocenters. The molecule has 0 aliphatic heterocycles. The monoisotopic (exact) mass is 286 g/mol. The Kier molecular flexibility index (Phi) is 5.03. The number of hydrogen-bond acceptors (Lipinski definition) is 3. The summed E-state index contributed by atoms with van der Waals surface area (Å²) in [6.45, 7) is 1.19. The zero-order chi connectivity index (χ0) is 13.0. The van der Waals surface area contributed by atoms with Crippen molar-refractivity contribution in [3.8, 4) is 0 Å². The van der Waals surface area contributed by atoms with E-state index in [0.29, 0.717) is 19.0 Å². The van der Waals surface area contributed by atoms with Crippen molar-refractivity contribution in [2.75, 3.05) is 6.54 Å². The predicted molar refractivity (Wildman–Crippen MR) is 75.7 cm³/mol. The maximum atomic E-state index is 12.2. The lowest BCUT2D eigenvalue weighted by Crippen LogP contribution is -2.39. The fourth-order valence-electron chi connectivity index (χ4n) is 2.59. The van der Waals surface area contributed by atoms with Crippen LogP contribution in [0.2, 0.25) is 4.34 Å². The minimum atomic E-state index is 0.0965. The number of carbonyl (C=O) groups is 1. The second-order valence-electron chi connectivity index (χ2n) is 4.81. The summed E-state index contributed by atoms with van der Waals surface area (Å²) in [6.07, 6.45) is 4.39. The fraction of sp³-hybridized carbons (Fsp3) is 0.615. The highest BCUT2D eigenvalue weighted by molar-refractivity contribution is 7.16. The van der Waals surface area contributed by atoms with Crippen LogP contribution in [0.5, 0.6) is 0 Å². The van der Waals surface area contributed by atoms with Crippen molar-refractivity contribution in [2.24, 2.45) is 17.6 Å². The van der Waals surface area contributed by atoms with E-state index in [1.54, 1.807) is 0 Å². The highest BCUT2D eigenvalue weighted by Crippen LogP contribution is 2.29. The molecule has 0 saturated heterocycles. The van der Waals surface area contributed by atoms with E-state index in [1.165, 1.54) is 17.8 Å². The summed E-state index contributed by atoms with van der Waals surface area (Å²) in [6, 6.07) is 3.81. The normalized spacial score (nSPS) is 23.9. The molecule has 1 saturated carbocycles. The Morgan fingerprint density at radius 3 is 2.89 bits per heavy atom. The summed E-state index contributed by atoms with van der Waals surface area (Å²) in [4.78, 5) is 13.2. The SMILES string of the molecule is NCC1CCCCC1C(=O)NCc1ccc(Cl)s1. The van der Waals surface area contributed by atoms with Crippen molar-refractivity contribution in [3.63, 3.8) is 0 Å². The molecule has 100 valence electrons. The zero-order valence-corrected chi connectivity index (χ0v) is 11.9. The Bertz CT molecular complexity index is 407. The Morgan fingerprint density at radius 2 is 2.22 bits per heavy atom. The van der Waals surface area contributed by atoms with E-state index < -0.39 is 0 Å². The lowest BCUT2D eigenvalue weighted by molar-refractivity contribution is -0.127. The largest absolute Gasteiger partial charge is 0.351 e. The summed E-state index contributed by atoms with van der Waals surface area (Å²) in [5, 5.41) is 3.00. The Hall–Kier alpha value is -0.580. The van der Waals surface area contributed by atoms with E-state index >= 15 is 0 Å². The first-order valence-corrected chi connectivity index (χ1v) is 7.62. The number of halogens is 1. The van der Waals surface area contributed by atoms with Gasteiger partial charge in [0.15, 0.2) is 0 Å². The quantitative estimate of drug-likeness (QED) is 0.894. The molecule has 3 N–H and O–H groups in total. The number of amides is 1. The predicted octanol–water partition coefficient (Wildman–Crippen LogP) is 2.78. The van der Waals surface area contributed by atoms with Crippen LogP contribution in [0, 0.1) is 11.8 Å². The molecule has 1 aliphatic rings. The molecule has 0 radical (unpaired) electrons. The Morgan fingerprint density at radius 1 is 1.44 bits per heavy atom. The third-order valence-electron chi connectivity index (χ3n) is 3.61. The molecule has 1 aromatic heterocycles. The molecule has 3 nitrogen and oxygen atoms in total. The van der Waals surface area contributed by atoms with Crippen LogP contribution < -0.4 is 11.1 Å². The molecule has 0 bridgehead atoms. The number of thiophene rings is 1. The lowest BCUT2D eigenvalue weighted by Gasteiger charge is -2.29. The van der Waals surface area contributed by atoms with E-state index in [-0.39, 0.29) is 11.8 Å². The average molecular weight is 287 g/mol. The van der Waals surface area contributed by atoms with Crippen LogP contribution in [0.15, 0.2) is 12.1 Å². The smallest absolute Gasteiger partial charge is 0.223 e. The number of rotatable bonds is 4. The molecule has 2 atom stereocenters. The summed E-state index contributed by atoms with van der Waals surface area (Å²) >= 11 is 7.37. The Balaban J connectivity index is 1.86. The molecule has 1 amide bonds. The van der Waals surface area contributed by atoms with Gasteiger partial charge in [-0.05, 0) is 37.4 Å². The summed E-state index contributed by atoms with van der Waals surface area (Å²) < 4.78 is 0.761. The van der Waals surface area contributed by atoms with Gasteiger partial charge in [0.2, 0.25) is 5.91 Å². The van der Waals surface area contributed by atoms with Gasteiger partial charge < -0.3 is 11.1 Å². The van der Waals surface area contributed by atoms with Gasteiger partial charge in [-0.15, -0.1) is 11.3 Å². The highest BCUT2D eigenvalue weighted by atomic mass is 35.5. The molecule has 0 aromatic carbocycles. The minimum absolute atomic E-state index is 0.0965. The maximum Gasteiger partial charge on any atom is 0.223 e. The summed E-state index contributed by atoms with van der Waals surface area (Å²) in [5.74, 6) is 0.597. The van der Waals surface area contributed by atoms with E-state index in [1.807, 2.05) is 12.1 Å². The molecule has 0 spiro atoms.